The summed E-state index contributed by atoms with van der Waals surface area (Å²) in [5, 5.41) is 0.427. The molecule has 1 aromatic heterocycles. The van der Waals surface area contributed by atoms with Crippen molar-refractivity contribution in [1.29, 1.82) is 0 Å². The zero-order chi connectivity index (χ0) is 16.3. The summed E-state index contributed by atoms with van der Waals surface area (Å²) in [6.07, 6.45) is 3.40. The molecule has 1 aromatic rings. The number of piperidine rings is 1. The lowest BCUT2D eigenvalue weighted by molar-refractivity contribution is -0.134. The van der Waals surface area contributed by atoms with Gasteiger partial charge in [-0.3, -0.25) is 4.79 Å². The maximum Gasteiger partial charge on any atom is 0.236 e. The molecule has 0 aromatic carbocycles. The largest absolute Gasteiger partial charge is 0.384 e. The second-order valence-corrected chi connectivity index (χ2v) is 7.48. The fourth-order valence-corrected chi connectivity index (χ4v) is 3.88. The summed E-state index contributed by atoms with van der Waals surface area (Å²) in [7, 11) is 0. The van der Waals surface area contributed by atoms with E-state index in [0.29, 0.717) is 17.0 Å². The number of amides is 1. The molecule has 1 aliphatic heterocycles. The second kappa shape index (κ2) is 7.31. The number of nitrogens with zero attached hydrogens (tertiary/aromatic N) is 3. The Balaban J connectivity index is 2.17. The minimum atomic E-state index is -0.165. The highest BCUT2D eigenvalue weighted by Crippen LogP contribution is 2.30. The van der Waals surface area contributed by atoms with Crippen LogP contribution in [0.1, 0.15) is 45.7 Å². The van der Waals surface area contributed by atoms with E-state index in [0.717, 1.165) is 25.1 Å². The van der Waals surface area contributed by atoms with Gasteiger partial charge < -0.3 is 10.6 Å². The lowest BCUT2D eigenvalue weighted by atomic mass is 10.0. The van der Waals surface area contributed by atoms with Gasteiger partial charge in [0.2, 0.25) is 5.91 Å². The first kappa shape index (κ1) is 17.1. The Morgan fingerprint density at radius 3 is 2.73 bits per heavy atom. The fraction of sp³-hybridized carbons (Fsp3) is 0.688. The quantitative estimate of drug-likeness (QED) is 0.681. The topological polar surface area (TPSA) is 72.1 Å². The van der Waals surface area contributed by atoms with E-state index in [1.54, 1.807) is 6.07 Å². The van der Waals surface area contributed by atoms with Crippen LogP contribution >= 0.6 is 11.8 Å². The molecule has 0 radical (unpaired) electrons. The second-order valence-electron chi connectivity index (χ2n) is 6.38. The lowest BCUT2D eigenvalue weighted by Crippen LogP contribution is -2.47. The highest BCUT2D eigenvalue weighted by atomic mass is 32.2. The van der Waals surface area contributed by atoms with E-state index in [2.05, 4.69) is 30.7 Å². The van der Waals surface area contributed by atoms with Crippen molar-refractivity contribution in [3.05, 3.63) is 11.8 Å². The average molecular weight is 322 g/mol. The Labute approximate surface area is 137 Å². The molecular weight excluding hydrogens is 296 g/mol. The Morgan fingerprint density at radius 2 is 2.14 bits per heavy atom. The van der Waals surface area contributed by atoms with Crippen LogP contribution < -0.4 is 5.73 Å². The van der Waals surface area contributed by atoms with Gasteiger partial charge in [-0.2, -0.15) is 0 Å². The van der Waals surface area contributed by atoms with Crippen molar-refractivity contribution < 1.29 is 4.79 Å². The van der Waals surface area contributed by atoms with Crippen LogP contribution in [0.3, 0.4) is 0 Å². The maximum atomic E-state index is 12.9. The first-order chi connectivity index (χ1) is 10.4. The molecule has 122 valence electrons. The van der Waals surface area contributed by atoms with Gasteiger partial charge in [-0.1, -0.05) is 25.6 Å². The van der Waals surface area contributed by atoms with E-state index in [-0.39, 0.29) is 17.1 Å². The summed E-state index contributed by atoms with van der Waals surface area (Å²) >= 11 is 1.44. The number of anilines is 1. The number of carbonyl (C=O) groups excluding carboxylic acids is 1. The number of nitrogens with two attached hydrogens (primary N) is 1. The highest BCUT2D eigenvalue weighted by molar-refractivity contribution is 8.00. The number of aromatic nitrogens is 2. The summed E-state index contributed by atoms with van der Waals surface area (Å²) in [6.45, 7) is 9.04. The molecule has 0 bridgehead atoms. The van der Waals surface area contributed by atoms with Crippen LogP contribution in [0.5, 0.6) is 0 Å². The predicted octanol–water partition coefficient (Wildman–Crippen LogP) is 2.88. The fourth-order valence-electron chi connectivity index (χ4n) is 2.79. The smallest absolute Gasteiger partial charge is 0.236 e. The number of thioether (sulfide) groups is 1. The highest BCUT2D eigenvalue weighted by Gasteiger charge is 2.32. The van der Waals surface area contributed by atoms with Crippen LogP contribution in [0.25, 0.3) is 0 Å². The molecule has 1 amide bonds. The van der Waals surface area contributed by atoms with Crippen molar-refractivity contribution >= 4 is 23.5 Å². The van der Waals surface area contributed by atoms with Crippen LogP contribution in [0.2, 0.25) is 0 Å². The molecule has 1 saturated heterocycles. The third-order valence-corrected chi connectivity index (χ3v) is 5.41. The number of nitrogen functional groups attached to an aromatic ring is 1. The minimum absolute atomic E-state index is 0.165. The molecule has 6 heteroatoms. The zero-order valence-electron chi connectivity index (χ0n) is 13.9. The number of hydrogen-bond donors (Lipinski definition) is 1. The van der Waals surface area contributed by atoms with Crippen LogP contribution in [-0.2, 0) is 4.79 Å². The molecule has 1 fully saturated rings. The van der Waals surface area contributed by atoms with Crippen molar-refractivity contribution in [3.8, 4) is 0 Å². The monoisotopic (exact) mass is 322 g/mol. The van der Waals surface area contributed by atoms with Crippen molar-refractivity contribution in [1.82, 2.24) is 14.9 Å². The van der Waals surface area contributed by atoms with Gasteiger partial charge in [-0.15, -0.1) is 0 Å². The van der Waals surface area contributed by atoms with Crippen LogP contribution in [0.15, 0.2) is 11.2 Å². The molecule has 22 heavy (non-hydrogen) atoms. The van der Waals surface area contributed by atoms with E-state index >= 15 is 0 Å². The standard InChI is InChI=1S/C16H26N4OS/c1-10(2)14(15(21)20-8-6-5-7-12(20)4)22-16-18-11(3)9-13(17)19-16/h9-10,12,14H,5-8H2,1-4H3,(H2,17,18,19)/t12-,14+/m0/s1. The van der Waals surface area contributed by atoms with Gasteiger partial charge >= 0.3 is 0 Å². The van der Waals surface area contributed by atoms with Crippen molar-refractivity contribution in [2.24, 2.45) is 5.92 Å². The first-order valence-corrected chi connectivity index (χ1v) is 8.84. The summed E-state index contributed by atoms with van der Waals surface area (Å²) in [5.74, 6) is 0.879. The lowest BCUT2D eigenvalue weighted by Gasteiger charge is -2.36. The van der Waals surface area contributed by atoms with Crippen molar-refractivity contribution in [2.45, 2.75) is 63.4 Å². The predicted molar refractivity (Wildman–Crippen MR) is 90.7 cm³/mol. The number of rotatable bonds is 4. The average Bonchev–Trinajstić information content (AvgIpc) is 2.43. The molecule has 1 aliphatic rings. The van der Waals surface area contributed by atoms with E-state index in [4.69, 9.17) is 5.73 Å². The van der Waals surface area contributed by atoms with Crippen LogP contribution in [-0.4, -0.2) is 38.6 Å². The molecule has 0 aliphatic carbocycles. The third-order valence-electron chi connectivity index (χ3n) is 4.02. The molecule has 2 rings (SSSR count). The number of carbonyl (C=O) groups is 1. The first-order valence-electron chi connectivity index (χ1n) is 7.96. The van der Waals surface area contributed by atoms with E-state index in [1.807, 2.05) is 11.8 Å². The van der Waals surface area contributed by atoms with Gasteiger partial charge in [-0.25, -0.2) is 9.97 Å². The van der Waals surface area contributed by atoms with Crippen molar-refractivity contribution in [3.63, 3.8) is 0 Å². The molecule has 2 heterocycles. The van der Waals surface area contributed by atoms with Gasteiger partial charge in [0.1, 0.15) is 5.82 Å². The van der Waals surface area contributed by atoms with Gasteiger partial charge in [0, 0.05) is 24.3 Å². The summed E-state index contributed by atoms with van der Waals surface area (Å²) in [4.78, 5) is 23.6. The molecular formula is C16H26N4OS. The van der Waals surface area contributed by atoms with E-state index < -0.39 is 0 Å². The Hall–Kier alpha value is -1.30. The van der Waals surface area contributed by atoms with Crippen LogP contribution in [0, 0.1) is 12.8 Å². The normalized spacial score (nSPS) is 20.2. The third kappa shape index (κ3) is 4.12. The van der Waals surface area contributed by atoms with Gasteiger partial charge in [0.15, 0.2) is 5.16 Å². The molecule has 2 N–H and O–H groups in total. The molecule has 0 saturated carbocycles. The number of hydrogen-bond acceptors (Lipinski definition) is 5. The Bertz CT molecular complexity index is 515. The molecule has 0 spiro atoms. The summed E-state index contributed by atoms with van der Waals surface area (Å²) in [6, 6.07) is 2.06. The Morgan fingerprint density at radius 1 is 1.41 bits per heavy atom. The summed E-state index contributed by atoms with van der Waals surface area (Å²) < 4.78 is 0. The van der Waals surface area contributed by atoms with Gasteiger partial charge in [0.05, 0.1) is 5.25 Å². The van der Waals surface area contributed by atoms with Gasteiger partial charge in [0.25, 0.3) is 0 Å². The minimum Gasteiger partial charge on any atom is -0.384 e. The van der Waals surface area contributed by atoms with Gasteiger partial charge in [-0.05, 0) is 39.0 Å². The van der Waals surface area contributed by atoms with Crippen molar-refractivity contribution in [2.75, 3.05) is 12.3 Å². The molecule has 5 nitrogen and oxygen atoms in total. The Kier molecular flexibility index (Phi) is 5.67. The molecule has 0 unspecified atom stereocenters. The zero-order valence-corrected chi connectivity index (χ0v) is 14.7. The van der Waals surface area contributed by atoms with Crippen LogP contribution in [0.4, 0.5) is 5.82 Å². The van der Waals surface area contributed by atoms with E-state index in [9.17, 15) is 4.79 Å². The summed E-state index contributed by atoms with van der Waals surface area (Å²) in [5.41, 5.74) is 6.62. The van der Waals surface area contributed by atoms with E-state index in [1.165, 1.54) is 18.2 Å². The number of aryl methyl sites for hydroxylation is 1. The maximum absolute atomic E-state index is 12.9. The number of likely N-dealkylation sites (tertiary alicyclic amines) is 1. The molecule has 2 atom stereocenters. The SMILES string of the molecule is Cc1cc(N)nc(S[C@@H](C(=O)N2CCCC[C@@H]2C)C(C)C)n1.